The summed E-state index contributed by atoms with van der Waals surface area (Å²) >= 11 is 0. The first-order chi connectivity index (χ1) is 6.43. The highest BCUT2D eigenvalue weighted by molar-refractivity contribution is 5.89. The van der Waals surface area contributed by atoms with Crippen LogP contribution in [0.3, 0.4) is 0 Å². The van der Waals surface area contributed by atoms with Crippen molar-refractivity contribution in [1.29, 1.82) is 0 Å². The van der Waals surface area contributed by atoms with Crippen molar-refractivity contribution in [3.05, 3.63) is 36.5 Å². The van der Waals surface area contributed by atoms with Gasteiger partial charge >= 0.3 is 0 Å². The average molecular weight is 170 g/mol. The number of hydrogen-bond donors (Lipinski definition) is 0. The Hall–Kier alpha value is -1.90. The number of hydrogen-bond acceptors (Lipinski definition) is 3. The van der Waals surface area contributed by atoms with Crippen LogP contribution in [0.15, 0.2) is 41.1 Å². The number of pyridine rings is 1. The molecule has 0 aliphatic carbocycles. The molecule has 0 saturated carbocycles. The zero-order valence-electron chi connectivity index (χ0n) is 6.77. The van der Waals surface area contributed by atoms with Crippen LogP contribution in [0, 0.1) is 0 Å². The average Bonchev–Trinajstić information content (AvgIpc) is 2.61. The summed E-state index contributed by atoms with van der Waals surface area (Å²) in [5.41, 5.74) is 2.51. The van der Waals surface area contributed by atoms with Gasteiger partial charge in [0.15, 0.2) is 5.58 Å². The van der Waals surface area contributed by atoms with Crippen LogP contribution in [0.25, 0.3) is 22.0 Å². The van der Waals surface area contributed by atoms with Gasteiger partial charge in [-0.25, -0.2) is 4.98 Å². The second kappa shape index (κ2) is 2.29. The largest absolute Gasteiger partial charge is 0.355 e. The van der Waals surface area contributed by atoms with Crippen LogP contribution < -0.4 is 0 Å². The Kier molecular flexibility index (Phi) is 1.16. The number of fused-ring (bicyclic) bond motifs is 2. The number of nitrogens with zero attached hydrogens (tertiary/aromatic N) is 2. The molecule has 3 aromatic rings. The van der Waals surface area contributed by atoms with Gasteiger partial charge in [-0.1, -0.05) is 23.4 Å². The van der Waals surface area contributed by atoms with Crippen molar-refractivity contribution in [3.8, 4) is 0 Å². The lowest BCUT2D eigenvalue weighted by molar-refractivity contribution is 0.456. The maximum Gasteiger partial charge on any atom is 0.185 e. The molecule has 3 rings (SSSR count). The zero-order chi connectivity index (χ0) is 8.67. The van der Waals surface area contributed by atoms with Crippen molar-refractivity contribution in [1.82, 2.24) is 10.1 Å². The highest BCUT2D eigenvalue weighted by atomic mass is 16.5. The molecule has 0 aliphatic rings. The molecule has 3 heteroatoms. The fourth-order valence-electron chi connectivity index (χ4n) is 1.41. The molecule has 0 bridgehead atoms. The summed E-state index contributed by atoms with van der Waals surface area (Å²) in [6.45, 7) is 0. The Morgan fingerprint density at radius 1 is 1.08 bits per heavy atom. The molecule has 2 aromatic heterocycles. The summed E-state index contributed by atoms with van der Waals surface area (Å²) in [5.74, 6) is 0. The summed E-state index contributed by atoms with van der Waals surface area (Å²) in [4.78, 5) is 4.38. The van der Waals surface area contributed by atoms with Gasteiger partial charge < -0.3 is 4.52 Å². The Balaban J connectivity index is 2.57. The third-order valence-corrected chi connectivity index (χ3v) is 2.04. The van der Waals surface area contributed by atoms with E-state index in [9.17, 15) is 0 Å². The summed E-state index contributed by atoms with van der Waals surface area (Å²) in [7, 11) is 0. The molecular weight excluding hydrogens is 164 g/mol. The minimum Gasteiger partial charge on any atom is -0.355 e. The first-order valence-corrected chi connectivity index (χ1v) is 4.04. The monoisotopic (exact) mass is 170 g/mol. The lowest BCUT2D eigenvalue weighted by Crippen LogP contribution is -1.77. The van der Waals surface area contributed by atoms with Gasteiger partial charge in [0.1, 0.15) is 5.52 Å². The summed E-state index contributed by atoms with van der Waals surface area (Å²) in [6.07, 6.45) is 1.63. The van der Waals surface area contributed by atoms with Gasteiger partial charge in [-0.3, -0.25) is 0 Å². The van der Waals surface area contributed by atoms with Gasteiger partial charge in [0.2, 0.25) is 0 Å². The standard InChI is InChI=1S/C10H6N2O/c1-2-4-8-7(3-1)5-10-9(12-8)6-11-13-10/h1-6H. The Morgan fingerprint density at radius 3 is 3.00 bits per heavy atom. The minimum absolute atomic E-state index is 0.735. The fraction of sp³-hybridized carbons (Fsp3) is 0. The maximum absolute atomic E-state index is 5.01. The van der Waals surface area contributed by atoms with Crippen molar-refractivity contribution in [2.45, 2.75) is 0 Å². The third kappa shape index (κ3) is 0.902. The number of rotatable bonds is 0. The van der Waals surface area contributed by atoms with Gasteiger partial charge in [-0.2, -0.15) is 0 Å². The topological polar surface area (TPSA) is 38.9 Å². The lowest BCUT2D eigenvalue weighted by atomic mass is 10.2. The smallest absolute Gasteiger partial charge is 0.185 e. The summed E-state index contributed by atoms with van der Waals surface area (Å²) < 4.78 is 5.01. The van der Waals surface area contributed by atoms with Crippen LogP contribution in [0.1, 0.15) is 0 Å². The normalized spacial score (nSPS) is 11.1. The molecule has 13 heavy (non-hydrogen) atoms. The maximum atomic E-state index is 5.01. The number of benzene rings is 1. The predicted octanol–water partition coefficient (Wildman–Crippen LogP) is 2.38. The molecule has 0 amide bonds. The molecule has 0 fully saturated rings. The second-order valence-corrected chi connectivity index (χ2v) is 2.89. The van der Waals surface area contributed by atoms with E-state index in [4.69, 9.17) is 4.52 Å². The number of para-hydroxylation sites is 1. The van der Waals surface area contributed by atoms with Gasteiger partial charge in [0, 0.05) is 5.39 Å². The van der Waals surface area contributed by atoms with E-state index in [1.165, 1.54) is 0 Å². The van der Waals surface area contributed by atoms with Crippen LogP contribution >= 0.6 is 0 Å². The van der Waals surface area contributed by atoms with Crippen molar-refractivity contribution < 1.29 is 4.52 Å². The summed E-state index contributed by atoms with van der Waals surface area (Å²) in [5, 5.41) is 4.76. The Labute approximate surface area is 74.0 Å². The quantitative estimate of drug-likeness (QED) is 0.520. The molecule has 0 unspecified atom stereocenters. The Bertz CT molecular complexity index is 521. The summed E-state index contributed by atoms with van der Waals surface area (Å²) in [6, 6.07) is 9.87. The van der Waals surface area contributed by atoms with Gasteiger partial charge in [0.05, 0.1) is 11.7 Å². The lowest BCUT2D eigenvalue weighted by Gasteiger charge is -1.93. The van der Waals surface area contributed by atoms with Crippen LogP contribution in [0.2, 0.25) is 0 Å². The number of aromatic nitrogens is 2. The highest BCUT2D eigenvalue weighted by Crippen LogP contribution is 2.18. The van der Waals surface area contributed by atoms with Crippen LogP contribution in [0.5, 0.6) is 0 Å². The highest BCUT2D eigenvalue weighted by Gasteiger charge is 2.01. The third-order valence-electron chi connectivity index (χ3n) is 2.04. The van der Waals surface area contributed by atoms with E-state index in [-0.39, 0.29) is 0 Å². The molecule has 0 atom stereocenters. The van der Waals surface area contributed by atoms with E-state index in [1.54, 1.807) is 6.20 Å². The minimum atomic E-state index is 0.735. The van der Waals surface area contributed by atoms with Crippen molar-refractivity contribution in [2.75, 3.05) is 0 Å². The molecule has 0 N–H and O–H groups in total. The fourth-order valence-corrected chi connectivity index (χ4v) is 1.41. The van der Waals surface area contributed by atoms with Crippen LogP contribution in [0.4, 0.5) is 0 Å². The second-order valence-electron chi connectivity index (χ2n) is 2.89. The van der Waals surface area contributed by atoms with Crippen LogP contribution in [-0.4, -0.2) is 10.1 Å². The Morgan fingerprint density at radius 2 is 2.00 bits per heavy atom. The van der Waals surface area contributed by atoms with E-state index in [1.807, 2.05) is 30.3 Å². The van der Waals surface area contributed by atoms with Crippen molar-refractivity contribution >= 4 is 22.0 Å². The van der Waals surface area contributed by atoms with E-state index in [2.05, 4.69) is 10.1 Å². The van der Waals surface area contributed by atoms with Gasteiger partial charge in [-0.15, -0.1) is 0 Å². The molecule has 2 heterocycles. The molecule has 0 radical (unpaired) electrons. The van der Waals surface area contributed by atoms with Crippen LogP contribution in [-0.2, 0) is 0 Å². The first kappa shape index (κ1) is 6.60. The molecule has 0 spiro atoms. The van der Waals surface area contributed by atoms with Crippen molar-refractivity contribution in [3.63, 3.8) is 0 Å². The van der Waals surface area contributed by atoms with E-state index < -0.39 is 0 Å². The molecule has 1 aromatic carbocycles. The first-order valence-electron chi connectivity index (χ1n) is 4.04. The predicted molar refractivity (Wildman–Crippen MR) is 49.3 cm³/mol. The van der Waals surface area contributed by atoms with Gasteiger partial charge in [-0.05, 0) is 12.1 Å². The molecule has 3 nitrogen and oxygen atoms in total. The molecule has 62 valence electrons. The van der Waals surface area contributed by atoms with E-state index in [0.717, 1.165) is 22.0 Å². The van der Waals surface area contributed by atoms with Crippen molar-refractivity contribution in [2.24, 2.45) is 0 Å². The van der Waals surface area contributed by atoms with Gasteiger partial charge in [0.25, 0.3) is 0 Å². The zero-order valence-corrected chi connectivity index (χ0v) is 6.77. The SMILES string of the molecule is c1ccc2nc3cnoc3cc2c1. The molecule has 0 saturated heterocycles. The van der Waals surface area contributed by atoms with E-state index in [0.29, 0.717) is 0 Å². The van der Waals surface area contributed by atoms with E-state index >= 15 is 0 Å². The molecular formula is C10H6N2O. The molecule has 0 aliphatic heterocycles.